The van der Waals surface area contributed by atoms with Crippen LogP contribution in [0, 0.1) is 0 Å². The van der Waals surface area contributed by atoms with E-state index in [0.29, 0.717) is 11.6 Å². The quantitative estimate of drug-likeness (QED) is 0.635. The molecule has 3 aromatic rings. The van der Waals surface area contributed by atoms with Crippen molar-refractivity contribution in [2.75, 3.05) is 12.4 Å². The Bertz CT molecular complexity index is 1020. The molecule has 1 aromatic heterocycles. The minimum absolute atomic E-state index is 0.0596. The van der Waals surface area contributed by atoms with E-state index in [0.717, 1.165) is 36.4 Å². The van der Waals surface area contributed by atoms with Crippen molar-refractivity contribution in [1.29, 1.82) is 0 Å². The molecule has 1 atom stereocenters. The second-order valence-corrected chi connectivity index (χ2v) is 7.97. The standard InChI is InChI=1S/C24H28N4O2/c1-16(2)28-23-14-19(9-8-17(23)15-25-28)27-24(29)21-6-4-5-7-22(21)26-18-10-12-20(30-3)13-11-18/h4-7,10-13,15-16,19,26H,8-9,14H2,1-3H3,(H,27,29)/t19-/m1/s1. The van der Waals surface area contributed by atoms with Crippen LogP contribution in [0.15, 0.2) is 54.7 Å². The highest BCUT2D eigenvalue weighted by Gasteiger charge is 2.25. The van der Waals surface area contributed by atoms with Gasteiger partial charge in [0.25, 0.3) is 5.91 Å². The van der Waals surface area contributed by atoms with E-state index in [2.05, 4.69) is 34.3 Å². The monoisotopic (exact) mass is 404 g/mol. The molecule has 2 N–H and O–H groups in total. The lowest BCUT2D eigenvalue weighted by atomic mass is 9.93. The van der Waals surface area contributed by atoms with Gasteiger partial charge >= 0.3 is 0 Å². The Morgan fingerprint density at radius 3 is 2.67 bits per heavy atom. The van der Waals surface area contributed by atoms with Crippen molar-refractivity contribution in [1.82, 2.24) is 15.1 Å². The van der Waals surface area contributed by atoms with Crippen LogP contribution in [0.4, 0.5) is 11.4 Å². The molecule has 2 aromatic carbocycles. The number of nitrogens with one attached hydrogen (secondary N) is 2. The third-order valence-corrected chi connectivity index (χ3v) is 5.55. The average molecular weight is 405 g/mol. The topological polar surface area (TPSA) is 68.2 Å². The molecule has 156 valence electrons. The van der Waals surface area contributed by atoms with Crippen molar-refractivity contribution in [2.45, 2.75) is 45.2 Å². The van der Waals surface area contributed by atoms with Crippen LogP contribution in [0.5, 0.6) is 5.75 Å². The first kappa shape index (κ1) is 20.0. The largest absolute Gasteiger partial charge is 0.497 e. The molecule has 1 aliphatic carbocycles. The summed E-state index contributed by atoms with van der Waals surface area (Å²) in [6.45, 7) is 4.27. The first-order chi connectivity index (χ1) is 14.5. The Labute approximate surface area is 177 Å². The zero-order valence-electron chi connectivity index (χ0n) is 17.7. The Morgan fingerprint density at radius 1 is 1.17 bits per heavy atom. The van der Waals surface area contributed by atoms with Crippen molar-refractivity contribution in [2.24, 2.45) is 0 Å². The van der Waals surface area contributed by atoms with Gasteiger partial charge in [0.15, 0.2) is 0 Å². The third-order valence-electron chi connectivity index (χ3n) is 5.55. The number of nitrogens with zero attached hydrogens (tertiary/aromatic N) is 2. The molecular formula is C24H28N4O2. The van der Waals surface area contributed by atoms with Gasteiger partial charge in [-0.15, -0.1) is 0 Å². The smallest absolute Gasteiger partial charge is 0.253 e. The molecule has 0 bridgehead atoms. The number of methoxy groups -OCH3 is 1. The molecule has 1 amide bonds. The van der Waals surface area contributed by atoms with Crippen LogP contribution >= 0.6 is 0 Å². The summed E-state index contributed by atoms with van der Waals surface area (Å²) in [5.74, 6) is 0.736. The van der Waals surface area contributed by atoms with Crippen LogP contribution in [0.1, 0.15) is 47.9 Å². The molecule has 1 heterocycles. The molecule has 6 heteroatoms. The van der Waals surface area contributed by atoms with Gasteiger partial charge in [-0.3, -0.25) is 9.48 Å². The Balaban J connectivity index is 1.48. The average Bonchev–Trinajstić information content (AvgIpc) is 3.18. The number of benzene rings is 2. The fourth-order valence-electron chi connectivity index (χ4n) is 3.97. The fourth-order valence-corrected chi connectivity index (χ4v) is 3.97. The van der Waals surface area contributed by atoms with Crippen molar-refractivity contribution >= 4 is 17.3 Å². The van der Waals surface area contributed by atoms with Crippen LogP contribution in [-0.2, 0) is 12.8 Å². The van der Waals surface area contributed by atoms with Gasteiger partial charge in [-0.1, -0.05) is 12.1 Å². The van der Waals surface area contributed by atoms with Crippen LogP contribution in [0.25, 0.3) is 0 Å². The van der Waals surface area contributed by atoms with Crippen LogP contribution < -0.4 is 15.4 Å². The lowest BCUT2D eigenvalue weighted by Crippen LogP contribution is -2.39. The predicted octanol–water partition coefficient (Wildman–Crippen LogP) is 4.50. The number of carbonyl (C=O) groups excluding carboxylic acids is 1. The summed E-state index contributed by atoms with van der Waals surface area (Å²) in [7, 11) is 1.64. The molecule has 6 nitrogen and oxygen atoms in total. The second-order valence-electron chi connectivity index (χ2n) is 7.97. The van der Waals surface area contributed by atoms with Gasteiger partial charge in [0, 0.05) is 29.9 Å². The highest BCUT2D eigenvalue weighted by molar-refractivity contribution is 6.00. The lowest BCUT2D eigenvalue weighted by Gasteiger charge is -2.25. The predicted molar refractivity (Wildman–Crippen MR) is 119 cm³/mol. The summed E-state index contributed by atoms with van der Waals surface area (Å²) in [5.41, 5.74) is 4.86. The van der Waals surface area contributed by atoms with Crippen LogP contribution in [-0.4, -0.2) is 28.8 Å². The number of aryl methyl sites for hydroxylation is 1. The first-order valence-electron chi connectivity index (χ1n) is 10.4. The molecule has 0 fully saturated rings. The van der Waals surface area contributed by atoms with Crippen molar-refractivity contribution in [3.63, 3.8) is 0 Å². The van der Waals surface area contributed by atoms with E-state index in [-0.39, 0.29) is 11.9 Å². The number of ether oxygens (including phenoxy) is 1. The van der Waals surface area contributed by atoms with E-state index in [1.165, 1.54) is 11.3 Å². The molecule has 0 radical (unpaired) electrons. The van der Waals surface area contributed by atoms with Gasteiger partial charge in [-0.25, -0.2) is 0 Å². The van der Waals surface area contributed by atoms with Gasteiger partial charge in [0.05, 0.1) is 24.6 Å². The van der Waals surface area contributed by atoms with Crippen LogP contribution in [0.2, 0.25) is 0 Å². The molecule has 30 heavy (non-hydrogen) atoms. The fraction of sp³-hybridized carbons (Fsp3) is 0.333. The number of anilines is 2. The molecule has 0 aliphatic heterocycles. The number of aromatic nitrogens is 2. The third kappa shape index (κ3) is 4.17. The summed E-state index contributed by atoms with van der Waals surface area (Å²) in [6, 6.07) is 15.7. The van der Waals surface area contributed by atoms with Gasteiger partial charge in [0.1, 0.15) is 5.75 Å². The number of rotatable bonds is 6. The van der Waals surface area contributed by atoms with E-state index in [4.69, 9.17) is 4.74 Å². The molecule has 0 saturated heterocycles. The molecule has 4 rings (SSSR count). The summed E-state index contributed by atoms with van der Waals surface area (Å²) in [5, 5.41) is 11.1. The summed E-state index contributed by atoms with van der Waals surface area (Å²) in [4.78, 5) is 13.1. The minimum Gasteiger partial charge on any atom is -0.497 e. The Hall–Kier alpha value is -3.28. The highest BCUT2D eigenvalue weighted by atomic mass is 16.5. The van der Waals surface area contributed by atoms with Gasteiger partial charge in [-0.2, -0.15) is 5.10 Å². The van der Waals surface area contributed by atoms with Crippen molar-refractivity contribution in [3.05, 3.63) is 71.5 Å². The maximum atomic E-state index is 13.1. The normalized spacial score (nSPS) is 15.5. The van der Waals surface area contributed by atoms with Gasteiger partial charge in [0.2, 0.25) is 0 Å². The first-order valence-corrected chi connectivity index (χ1v) is 10.4. The second kappa shape index (κ2) is 8.61. The summed E-state index contributed by atoms with van der Waals surface area (Å²) < 4.78 is 7.29. The SMILES string of the molecule is COc1ccc(Nc2ccccc2C(=O)N[C@@H]2CCc3cnn(C(C)C)c3C2)cc1. The van der Waals surface area contributed by atoms with E-state index in [1.807, 2.05) is 54.7 Å². The molecule has 0 spiro atoms. The number of hydrogen-bond acceptors (Lipinski definition) is 4. The molecular weight excluding hydrogens is 376 g/mol. The highest BCUT2D eigenvalue weighted by Crippen LogP contribution is 2.26. The van der Waals surface area contributed by atoms with E-state index in [1.54, 1.807) is 7.11 Å². The molecule has 1 aliphatic rings. The zero-order chi connectivity index (χ0) is 21.1. The van der Waals surface area contributed by atoms with Gasteiger partial charge in [-0.05, 0) is 68.7 Å². The maximum Gasteiger partial charge on any atom is 0.253 e. The number of amides is 1. The van der Waals surface area contributed by atoms with Crippen LogP contribution in [0.3, 0.4) is 0 Å². The number of fused-ring (bicyclic) bond motifs is 1. The Morgan fingerprint density at radius 2 is 1.93 bits per heavy atom. The summed E-state index contributed by atoms with van der Waals surface area (Å²) >= 11 is 0. The van der Waals surface area contributed by atoms with Crippen molar-refractivity contribution < 1.29 is 9.53 Å². The van der Waals surface area contributed by atoms with E-state index in [9.17, 15) is 4.79 Å². The summed E-state index contributed by atoms with van der Waals surface area (Å²) in [6.07, 6.45) is 4.66. The molecule has 0 unspecified atom stereocenters. The van der Waals surface area contributed by atoms with Crippen molar-refractivity contribution in [3.8, 4) is 5.75 Å². The zero-order valence-corrected chi connectivity index (χ0v) is 17.7. The molecule has 0 saturated carbocycles. The lowest BCUT2D eigenvalue weighted by molar-refractivity contribution is 0.0934. The number of para-hydroxylation sites is 1. The van der Waals surface area contributed by atoms with E-state index >= 15 is 0 Å². The Kier molecular flexibility index (Phi) is 5.74. The van der Waals surface area contributed by atoms with E-state index < -0.39 is 0 Å². The van der Waals surface area contributed by atoms with Gasteiger partial charge < -0.3 is 15.4 Å². The maximum absolute atomic E-state index is 13.1. The number of carbonyl (C=O) groups is 1. The number of hydrogen-bond donors (Lipinski definition) is 2. The minimum atomic E-state index is -0.0596.